The number of aliphatic hydroxyl groups is 1. The Balaban J connectivity index is 1.67. The van der Waals surface area contributed by atoms with Crippen LogP contribution in [0.2, 0.25) is 0 Å². The Hall–Kier alpha value is -4.36. The van der Waals surface area contributed by atoms with E-state index in [0.717, 1.165) is 12.4 Å². The maximum atomic E-state index is 14.7. The Labute approximate surface area is 239 Å². The Kier molecular flexibility index (Phi) is 8.12. The van der Waals surface area contributed by atoms with Crippen molar-refractivity contribution >= 4 is 23.1 Å². The molecule has 0 saturated carbocycles. The van der Waals surface area contributed by atoms with Crippen molar-refractivity contribution < 1.29 is 63.3 Å². The number of likely N-dealkylation sites (tertiary alicyclic amines) is 1. The van der Waals surface area contributed by atoms with Gasteiger partial charge in [-0.1, -0.05) is 0 Å². The summed E-state index contributed by atoms with van der Waals surface area (Å²) in [6.45, 7) is -1.21. The van der Waals surface area contributed by atoms with Crippen LogP contribution in [0.25, 0.3) is 16.8 Å². The van der Waals surface area contributed by atoms with E-state index in [2.05, 4.69) is 14.8 Å². The maximum absolute atomic E-state index is 14.7. The summed E-state index contributed by atoms with van der Waals surface area (Å²) < 4.78 is 139. The zero-order chi connectivity index (χ0) is 33.0. The van der Waals surface area contributed by atoms with Crippen LogP contribution in [0.1, 0.15) is 29.3 Å². The number of alkyl halides is 10. The van der Waals surface area contributed by atoms with Crippen molar-refractivity contribution in [1.82, 2.24) is 24.8 Å². The average Bonchev–Trinajstić information content (AvgIpc) is 3.44. The monoisotopic (exact) mass is 646 g/mol. The highest BCUT2D eigenvalue weighted by Crippen LogP contribution is 2.40. The standard InChI is InChI=1S/C24H20F10N6O4/c1-21(43,23(29,30)31)6-17(41)39-7-13(25)14(8-39)38-20(42)11-4-10(2-3-16(11)44-24(32,33)34)15-5-12(22(26,27)28)18-19(35)36-9-37-40(15)18/h2-5,9,13-14,43H,6-8H2,1H3,(H,38,42)(H2,35,36,37)/t13-,14+,21?/m0/s1. The van der Waals surface area contributed by atoms with Gasteiger partial charge in [0, 0.05) is 12.1 Å². The van der Waals surface area contributed by atoms with Gasteiger partial charge < -0.3 is 25.8 Å². The molecule has 4 N–H and O–H groups in total. The number of nitrogens with two attached hydrogens (primary N) is 1. The predicted octanol–water partition coefficient (Wildman–Crippen LogP) is 3.88. The van der Waals surface area contributed by atoms with Crippen LogP contribution in [0.5, 0.6) is 5.75 Å². The molecule has 0 spiro atoms. The minimum atomic E-state index is -5.35. The number of aromatic nitrogens is 3. The SMILES string of the molecule is CC(O)(CC(=O)N1C[C@H](F)[C@H](NC(=O)c2cc(-c3cc(C(F)(F)F)c4c(N)ncnn34)ccc2OC(F)(F)F)C1)C(F)(F)F. The second-order valence-electron chi connectivity index (χ2n) is 9.95. The van der Waals surface area contributed by atoms with E-state index in [-0.39, 0.29) is 11.3 Å². The summed E-state index contributed by atoms with van der Waals surface area (Å²) in [6, 6.07) is 1.14. The van der Waals surface area contributed by atoms with Crippen molar-refractivity contribution in [1.29, 1.82) is 0 Å². The minimum absolute atomic E-state index is 0.289. The second-order valence-corrected chi connectivity index (χ2v) is 9.95. The highest BCUT2D eigenvalue weighted by Gasteiger charge is 2.52. The normalized spacial score (nSPS) is 19.2. The third kappa shape index (κ3) is 6.58. The number of halogens is 10. The summed E-state index contributed by atoms with van der Waals surface area (Å²) in [6.07, 6.45) is -18.3. The van der Waals surface area contributed by atoms with Crippen molar-refractivity contribution in [3.05, 3.63) is 41.7 Å². The number of carbonyl (C=O) groups is 2. The van der Waals surface area contributed by atoms with Crippen molar-refractivity contribution in [2.75, 3.05) is 18.8 Å². The lowest BCUT2D eigenvalue weighted by Gasteiger charge is -2.27. The van der Waals surface area contributed by atoms with E-state index in [9.17, 15) is 58.6 Å². The van der Waals surface area contributed by atoms with Gasteiger partial charge in [0.2, 0.25) is 5.91 Å². The molecule has 1 aliphatic heterocycles. The van der Waals surface area contributed by atoms with Crippen LogP contribution in [0.15, 0.2) is 30.6 Å². The van der Waals surface area contributed by atoms with E-state index in [0.29, 0.717) is 34.5 Å². The highest BCUT2D eigenvalue weighted by molar-refractivity contribution is 5.98. The van der Waals surface area contributed by atoms with Crippen molar-refractivity contribution in [2.45, 2.75) is 49.9 Å². The van der Waals surface area contributed by atoms with Gasteiger partial charge >= 0.3 is 18.7 Å². The third-order valence-corrected chi connectivity index (χ3v) is 6.66. The number of rotatable bonds is 6. The predicted molar refractivity (Wildman–Crippen MR) is 129 cm³/mol. The molecule has 0 bridgehead atoms. The molecule has 20 heteroatoms. The Morgan fingerprint density at radius 3 is 2.34 bits per heavy atom. The Bertz CT molecular complexity index is 1580. The molecule has 3 atom stereocenters. The van der Waals surface area contributed by atoms with Gasteiger partial charge in [0.25, 0.3) is 5.91 Å². The molecule has 1 aliphatic rings. The number of ether oxygens (including phenoxy) is 1. The van der Waals surface area contributed by atoms with Gasteiger partial charge in [0.05, 0.1) is 35.8 Å². The van der Waals surface area contributed by atoms with Crippen LogP contribution in [-0.2, 0) is 11.0 Å². The first-order chi connectivity index (χ1) is 20.1. The molecule has 0 aliphatic carbocycles. The number of anilines is 1. The summed E-state index contributed by atoms with van der Waals surface area (Å²) in [5, 5.41) is 15.3. The molecule has 1 unspecified atom stereocenters. The number of hydrogen-bond donors (Lipinski definition) is 3. The van der Waals surface area contributed by atoms with Crippen molar-refractivity contribution in [2.24, 2.45) is 0 Å². The van der Waals surface area contributed by atoms with Gasteiger partial charge in [-0.25, -0.2) is 13.9 Å². The fraction of sp³-hybridized carbons (Fsp3) is 0.417. The van der Waals surface area contributed by atoms with Crippen LogP contribution in [-0.4, -0.2) is 79.9 Å². The van der Waals surface area contributed by atoms with E-state index in [1.165, 1.54) is 0 Å². The third-order valence-electron chi connectivity index (χ3n) is 6.66. The number of hydrogen-bond acceptors (Lipinski definition) is 7. The summed E-state index contributed by atoms with van der Waals surface area (Å²) in [7, 11) is 0. The molecule has 4 rings (SSSR count). The van der Waals surface area contributed by atoms with Crippen LogP contribution in [0.3, 0.4) is 0 Å². The molecule has 44 heavy (non-hydrogen) atoms. The number of nitrogens with zero attached hydrogens (tertiary/aromatic N) is 4. The molecule has 1 fully saturated rings. The molecular formula is C24H20F10N6O4. The summed E-state index contributed by atoms with van der Waals surface area (Å²) in [5.74, 6) is -4.47. The van der Waals surface area contributed by atoms with E-state index < -0.39 is 96.1 Å². The lowest BCUT2D eigenvalue weighted by Crippen LogP contribution is -2.47. The number of fused-ring (bicyclic) bond motifs is 1. The second kappa shape index (κ2) is 11.0. The summed E-state index contributed by atoms with van der Waals surface area (Å²) >= 11 is 0. The smallest absolute Gasteiger partial charge is 0.405 e. The molecule has 240 valence electrons. The lowest BCUT2D eigenvalue weighted by atomic mass is 10.0. The number of carbonyl (C=O) groups excluding carboxylic acids is 2. The van der Waals surface area contributed by atoms with Crippen LogP contribution in [0, 0.1) is 0 Å². The van der Waals surface area contributed by atoms with E-state index >= 15 is 0 Å². The molecule has 1 aromatic carbocycles. The molecule has 0 radical (unpaired) electrons. The minimum Gasteiger partial charge on any atom is -0.405 e. The Morgan fingerprint density at radius 1 is 1.09 bits per heavy atom. The average molecular weight is 646 g/mol. The first-order valence-electron chi connectivity index (χ1n) is 12.2. The molecule has 3 aromatic rings. The first-order valence-corrected chi connectivity index (χ1v) is 12.2. The van der Waals surface area contributed by atoms with Gasteiger partial charge in [-0.3, -0.25) is 9.59 Å². The highest BCUT2D eigenvalue weighted by atomic mass is 19.4. The Morgan fingerprint density at radius 2 is 1.75 bits per heavy atom. The van der Waals surface area contributed by atoms with E-state index in [1.54, 1.807) is 0 Å². The quantitative estimate of drug-likeness (QED) is 0.346. The van der Waals surface area contributed by atoms with Gasteiger partial charge in [-0.05, 0) is 31.2 Å². The number of nitrogen functional groups attached to an aromatic ring is 1. The number of amides is 2. The molecule has 3 heterocycles. The molecule has 2 aromatic heterocycles. The summed E-state index contributed by atoms with van der Waals surface area (Å²) in [4.78, 5) is 29.5. The molecular weight excluding hydrogens is 626 g/mol. The topological polar surface area (TPSA) is 135 Å². The molecule has 2 amide bonds. The zero-order valence-corrected chi connectivity index (χ0v) is 22.0. The van der Waals surface area contributed by atoms with E-state index in [4.69, 9.17) is 5.73 Å². The van der Waals surface area contributed by atoms with Gasteiger partial charge in [-0.15, -0.1) is 13.2 Å². The first kappa shape index (κ1) is 32.6. The van der Waals surface area contributed by atoms with Crippen molar-refractivity contribution in [3.8, 4) is 17.0 Å². The fourth-order valence-corrected chi connectivity index (χ4v) is 4.43. The van der Waals surface area contributed by atoms with Crippen LogP contribution in [0.4, 0.5) is 49.7 Å². The fourth-order valence-electron chi connectivity index (χ4n) is 4.43. The van der Waals surface area contributed by atoms with Crippen LogP contribution < -0.4 is 15.8 Å². The largest absolute Gasteiger partial charge is 0.573 e. The zero-order valence-electron chi connectivity index (χ0n) is 22.0. The molecule has 1 saturated heterocycles. The van der Waals surface area contributed by atoms with Crippen LogP contribution >= 0.6 is 0 Å². The van der Waals surface area contributed by atoms with Crippen molar-refractivity contribution in [3.63, 3.8) is 0 Å². The number of nitrogens with one attached hydrogen (secondary N) is 1. The maximum Gasteiger partial charge on any atom is 0.573 e. The van der Waals surface area contributed by atoms with E-state index in [1.807, 2.05) is 5.32 Å². The lowest BCUT2D eigenvalue weighted by molar-refractivity contribution is -0.274. The summed E-state index contributed by atoms with van der Waals surface area (Å²) in [5.41, 5.74) is -1.44. The van der Waals surface area contributed by atoms with Gasteiger partial charge in [0.15, 0.2) is 11.4 Å². The van der Waals surface area contributed by atoms with Gasteiger partial charge in [-0.2, -0.15) is 31.4 Å². The number of benzene rings is 1. The molecule has 10 nitrogen and oxygen atoms in total. The van der Waals surface area contributed by atoms with Gasteiger partial charge in [0.1, 0.15) is 23.8 Å².